The second-order valence-electron chi connectivity index (χ2n) is 4.97. The van der Waals surface area contributed by atoms with Gasteiger partial charge in [0.2, 0.25) is 0 Å². The first-order valence-corrected chi connectivity index (χ1v) is 6.60. The molecule has 1 aliphatic rings. The van der Waals surface area contributed by atoms with Crippen molar-refractivity contribution in [3.05, 3.63) is 35.9 Å². The predicted molar refractivity (Wildman–Crippen MR) is 70.2 cm³/mol. The summed E-state index contributed by atoms with van der Waals surface area (Å²) in [7, 11) is 0. The minimum absolute atomic E-state index is 0.253. The third kappa shape index (κ3) is 3.40. The van der Waals surface area contributed by atoms with Crippen molar-refractivity contribution in [1.29, 1.82) is 0 Å². The number of hydrogen-bond acceptors (Lipinski definition) is 2. The zero-order chi connectivity index (χ0) is 12.1. The molecule has 1 aliphatic heterocycles. The molecule has 0 amide bonds. The first-order chi connectivity index (χ1) is 8.29. The lowest BCUT2D eigenvalue weighted by Gasteiger charge is -2.14. The van der Waals surface area contributed by atoms with Crippen LogP contribution in [0.15, 0.2) is 30.3 Å². The number of benzene rings is 1. The number of nitrogens with zero attached hydrogens (tertiary/aromatic N) is 1. The summed E-state index contributed by atoms with van der Waals surface area (Å²) in [6.07, 6.45) is 3.82. The molecule has 1 aromatic rings. The molecule has 2 rings (SSSR count). The van der Waals surface area contributed by atoms with E-state index < -0.39 is 0 Å². The monoisotopic (exact) mass is 231 g/mol. The Morgan fingerprint density at radius 1 is 1.35 bits per heavy atom. The van der Waals surface area contributed by atoms with Gasteiger partial charge in [0.1, 0.15) is 0 Å². The zero-order valence-electron chi connectivity index (χ0n) is 10.6. The van der Waals surface area contributed by atoms with Gasteiger partial charge in [-0.1, -0.05) is 43.7 Å². The quantitative estimate of drug-likeness (QED) is 0.726. The van der Waals surface area contributed by atoms with E-state index in [-0.39, 0.29) is 5.78 Å². The molecule has 17 heavy (non-hydrogen) atoms. The molecule has 1 aromatic carbocycles. The molecule has 0 saturated carbocycles. The van der Waals surface area contributed by atoms with Crippen molar-refractivity contribution in [3.63, 3.8) is 0 Å². The molecule has 1 saturated heterocycles. The fourth-order valence-corrected chi connectivity index (χ4v) is 2.62. The molecule has 2 heteroatoms. The van der Waals surface area contributed by atoms with E-state index in [9.17, 15) is 4.79 Å². The molecule has 0 radical (unpaired) electrons. The SMILES string of the molecule is CCCC1CCN(CC(=O)c2ccccc2)C1. The predicted octanol–water partition coefficient (Wildman–Crippen LogP) is 2.99. The molecule has 0 aliphatic carbocycles. The fraction of sp³-hybridized carbons (Fsp3) is 0.533. The highest BCUT2D eigenvalue weighted by Gasteiger charge is 2.23. The maximum atomic E-state index is 12.0. The summed E-state index contributed by atoms with van der Waals surface area (Å²) in [6.45, 7) is 5.01. The van der Waals surface area contributed by atoms with Crippen LogP contribution < -0.4 is 0 Å². The Balaban J connectivity index is 1.84. The van der Waals surface area contributed by atoms with Gasteiger partial charge in [0.25, 0.3) is 0 Å². The van der Waals surface area contributed by atoms with Crippen molar-refractivity contribution < 1.29 is 4.79 Å². The number of likely N-dealkylation sites (tertiary alicyclic amines) is 1. The second kappa shape index (κ2) is 5.97. The maximum Gasteiger partial charge on any atom is 0.176 e. The van der Waals surface area contributed by atoms with E-state index in [1.54, 1.807) is 0 Å². The number of carbonyl (C=O) groups is 1. The van der Waals surface area contributed by atoms with Gasteiger partial charge < -0.3 is 0 Å². The van der Waals surface area contributed by atoms with Crippen LogP contribution in [0.2, 0.25) is 0 Å². The Kier molecular flexibility index (Phi) is 4.32. The second-order valence-corrected chi connectivity index (χ2v) is 4.97. The Hall–Kier alpha value is -1.15. The molecule has 0 N–H and O–H groups in total. The third-order valence-corrected chi connectivity index (χ3v) is 3.53. The molecule has 0 bridgehead atoms. The highest BCUT2D eigenvalue weighted by molar-refractivity contribution is 5.97. The lowest BCUT2D eigenvalue weighted by atomic mass is 10.0. The van der Waals surface area contributed by atoms with E-state index in [2.05, 4.69) is 11.8 Å². The van der Waals surface area contributed by atoms with Crippen molar-refractivity contribution in [1.82, 2.24) is 4.90 Å². The van der Waals surface area contributed by atoms with Crippen LogP contribution in [-0.2, 0) is 0 Å². The molecule has 1 fully saturated rings. The first-order valence-electron chi connectivity index (χ1n) is 6.60. The zero-order valence-corrected chi connectivity index (χ0v) is 10.6. The van der Waals surface area contributed by atoms with Crippen molar-refractivity contribution in [2.24, 2.45) is 5.92 Å². The van der Waals surface area contributed by atoms with E-state index in [0.717, 1.165) is 24.6 Å². The summed E-state index contributed by atoms with van der Waals surface area (Å²) in [4.78, 5) is 14.3. The summed E-state index contributed by atoms with van der Waals surface area (Å²) < 4.78 is 0. The van der Waals surface area contributed by atoms with Crippen LogP contribution in [0, 0.1) is 5.92 Å². The minimum Gasteiger partial charge on any atom is -0.296 e. The fourth-order valence-electron chi connectivity index (χ4n) is 2.62. The topological polar surface area (TPSA) is 20.3 Å². The molecular formula is C15H21NO. The van der Waals surface area contributed by atoms with Crippen LogP contribution >= 0.6 is 0 Å². The summed E-state index contributed by atoms with van der Waals surface area (Å²) in [5, 5.41) is 0. The number of Topliss-reactive ketones (excluding diaryl/α,β-unsaturated/α-hetero) is 1. The summed E-state index contributed by atoms with van der Waals surface area (Å²) in [6, 6.07) is 9.61. The standard InChI is InChI=1S/C15H21NO/c1-2-6-13-9-10-16(11-13)12-15(17)14-7-4-3-5-8-14/h3-5,7-8,13H,2,6,9-12H2,1H3. The van der Waals surface area contributed by atoms with Gasteiger partial charge in [-0.2, -0.15) is 0 Å². The number of ketones is 1. The van der Waals surface area contributed by atoms with E-state index in [1.165, 1.54) is 19.3 Å². The Labute approximate surface area is 104 Å². The Morgan fingerprint density at radius 2 is 2.12 bits per heavy atom. The number of rotatable bonds is 5. The smallest absolute Gasteiger partial charge is 0.176 e. The molecule has 1 unspecified atom stereocenters. The van der Waals surface area contributed by atoms with Gasteiger partial charge in [-0.05, 0) is 25.3 Å². The largest absolute Gasteiger partial charge is 0.296 e. The van der Waals surface area contributed by atoms with Gasteiger partial charge in [-0.15, -0.1) is 0 Å². The van der Waals surface area contributed by atoms with Crippen LogP contribution in [0.4, 0.5) is 0 Å². The summed E-state index contributed by atoms with van der Waals surface area (Å²) in [5.74, 6) is 1.06. The van der Waals surface area contributed by atoms with Gasteiger partial charge in [0.15, 0.2) is 5.78 Å². The summed E-state index contributed by atoms with van der Waals surface area (Å²) >= 11 is 0. The van der Waals surface area contributed by atoms with Crippen LogP contribution in [0.25, 0.3) is 0 Å². The summed E-state index contributed by atoms with van der Waals surface area (Å²) in [5.41, 5.74) is 0.839. The maximum absolute atomic E-state index is 12.0. The average Bonchev–Trinajstić information content (AvgIpc) is 2.78. The van der Waals surface area contributed by atoms with E-state index in [1.807, 2.05) is 30.3 Å². The third-order valence-electron chi connectivity index (χ3n) is 3.53. The molecule has 2 nitrogen and oxygen atoms in total. The van der Waals surface area contributed by atoms with E-state index in [0.29, 0.717) is 6.54 Å². The van der Waals surface area contributed by atoms with Gasteiger partial charge in [-0.25, -0.2) is 0 Å². The average molecular weight is 231 g/mol. The highest BCUT2D eigenvalue weighted by Crippen LogP contribution is 2.20. The molecule has 0 spiro atoms. The van der Waals surface area contributed by atoms with Gasteiger partial charge >= 0.3 is 0 Å². The van der Waals surface area contributed by atoms with Crippen LogP contribution in [0.3, 0.4) is 0 Å². The van der Waals surface area contributed by atoms with Crippen molar-refractivity contribution in [2.75, 3.05) is 19.6 Å². The minimum atomic E-state index is 0.253. The highest BCUT2D eigenvalue weighted by atomic mass is 16.1. The Bertz CT molecular complexity index is 360. The molecule has 1 atom stereocenters. The Morgan fingerprint density at radius 3 is 2.82 bits per heavy atom. The molecule has 1 heterocycles. The van der Waals surface area contributed by atoms with Gasteiger partial charge in [-0.3, -0.25) is 9.69 Å². The van der Waals surface area contributed by atoms with Gasteiger partial charge in [0, 0.05) is 12.1 Å². The normalized spacial score (nSPS) is 20.6. The molecule has 0 aromatic heterocycles. The van der Waals surface area contributed by atoms with E-state index >= 15 is 0 Å². The van der Waals surface area contributed by atoms with Gasteiger partial charge in [0.05, 0.1) is 6.54 Å². The number of hydrogen-bond donors (Lipinski definition) is 0. The van der Waals surface area contributed by atoms with Crippen LogP contribution in [0.5, 0.6) is 0 Å². The van der Waals surface area contributed by atoms with Crippen LogP contribution in [0.1, 0.15) is 36.5 Å². The van der Waals surface area contributed by atoms with Crippen molar-refractivity contribution in [2.45, 2.75) is 26.2 Å². The molecule has 92 valence electrons. The lowest BCUT2D eigenvalue weighted by Crippen LogP contribution is -2.27. The van der Waals surface area contributed by atoms with E-state index in [4.69, 9.17) is 0 Å². The van der Waals surface area contributed by atoms with Crippen molar-refractivity contribution in [3.8, 4) is 0 Å². The first kappa shape index (κ1) is 12.3. The molecular weight excluding hydrogens is 210 g/mol. The van der Waals surface area contributed by atoms with Crippen LogP contribution in [-0.4, -0.2) is 30.3 Å². The lowest BCUT2D eigenvalue weighted by molar-refractivity contribution is 0.0943. The number of carbonyl (C=O) groups excluding carboxylic acids is 1. The van der Waals surface area contributed by atoms with Crippen molar-refractivity contribution >= 4 is 5.78 Å².